The van der Waals surface area contributed by atoms with Crippen molar-refractivity contribution in [3.05, 3.63) is 125 Å². The van der Waals surface area contributed by atoms with E-state index in [0.717, 1.165) is 16.7 Å². The molecule has 41 heavy (non-hydrogen) atoms. The second-order valence-electron chi connectivity index (χ2n) is 9.72. The summed E-state index contributed by atoms with van der Waals surface area (Å²) in [4.78, 5) is 27.8. The fourth-order valence-corrected chi connectivity index (χ4v) is 4.94. The van der Waals surface area contributed by atoms with Crippen LogP contribution in [0.25, 0.3) is 0 Å². The predicted molar refractivity (Wildman–Crippen MR) is 151 cm³/mol. The molecule has 1 aliphatic rings. The largest absolute Gasteiger partial charge is 0.548 e. The molecule has 0 saturated heterocycles. The van der Waals surface area contributed by atoms with E-state index in [2.05, 4.69) is 11.4 Å². The number of methoxy groups -OCH3 is 1. The summed E-state index contributed by atoms with van der Waals surface area (Å²) in [6, 6.07) is 29.1. The van der Waals surface area contributed by atoms with Crippen LogP contribution in [0, 0.1) is 11.3 Å². The molecule has 1 N–H and O–H groups in total. The first-order valence-corrected chi connectivity index (χ1v) is 13.2. The number of carboxylic acids is 1. The molecule has 206 valence electrons. The zero-order chi connectivity index (χ0) is 28.8. The van der Waals surface area contributed by atoms with Gasteiger partial charge in [-0.3, -0.25) is 4.79 Å². The summed E-state index contributed by atoms with van der Waals surface area (Å²) in [5.74, 6) is -0.812. The van der Waals surface area contributed by atoms with E-state index in [4.69, 9.17) is 9.47 Å². The van der Waals surface area contributed by atoms with Gasteiger partial charge in [0.25, 0.3) is 5.91 Å². The molecule has 0 fully saturated rings. The Morgan fingerprint density at radius 2 is 1.68 bits per heavy atom. The van der Waals surface area contributed by atoms with Gasteiger partial charge in [0.15, 0.2) is 11.5 Å². The Kier molecular flexibility index (Phi) is 8.16. The Bertz CT molecular complexity index is 1580. The third-order valence-electron chi connectivity index (χ3n) is 7.13. The summed E-state index contributed by atoms with van der Waals surface area (Å²) < 4.78 is 11.6. The molecule has 2 atom stereocenters. The Morgan fingerprint density at radius 3 is 2.37 bits per heavy atom. The maximum absolute atomic E-state index is 14.2. The van der Waals surface area contributed by atoms with Gasteiger partial charge in [-0.1, -0.05) is 60.7 Å². The van der Waals surface area contributed by atoms with Crippen LogP contribution in [0.5, 0.6) is 11.5 Å². The number of carboxylic acid groups (broad SMARTS) is 1. The van der Waals surface area contributed by atoms with E-state index in [1.165, 1.54) is 12.0 Å². The van der Waals surface area contributed by atoms with Gasteiger partial charge in [0.05, 0.1) is 30.8 Å². The number of fused-ring (bicyclic) bond motifs is 1. The SMILES string of the molecule is COc1cc(C(Nc2ccc(C#N)cc2)C(=O)N2Cc3ccccc3CC2C(=O)[O-])ccc1OCc1ccccc1. The third-order valence-corrected chi connectivity index (χ3v) is 7.13. The van der Waals surface area contributed by atoms with Crippen LogP contribution in [0.2, 0.25) is 0 Å². The number of carbonyl (C=O) groups excluding carboxylic acids is 2. The number of rotatable bonds is 9. The van der Waals surface area contributed by atoms with Crippen molar-refractivity contribution in [3.8, 4) is 17.6 Å². The van der Waals surface area contributed by atoms with Gasteiger partial charge in [0, 0.05) is 12.2 Å². The lowest BCUT2D eigenvalue weighted by Gasteiger charge is -2.39. The van der Waals surface area contributed by atoms with E-state index in [1.807, 2.05) is 54.6 Å². The molecule has 8 heteroatoms. The van der Waals surface area contributed by atoms with Gasteiger partial charge in [-0.05, 0) is 65.1 Å². The Balaban J connectivity index is 1.49. The van der Waals surface area contributed by atoms with Crippen LogP contribution >= 0.6 is 0 Å². The normalized spacial score (nSPS) is 14.7. The number of nitrogens with one attached hydrogen (secondary N) is 1. The first-order valence-electron chi connectivity index (χ1n) is 13.2. The van der Waals surface area contributed by atoms with Crippen molar-refractivity contribution in [2.24, 2.45) is 0 Å². The minimum atomic E-state index is -1.31. The Morgan fingerprint density at radius 1 is 0.976 bits per heavy atom. The summed E-state index contributed by atoms with van der Waals surface area (Å²) in [6.07, 6.45) is 0.156. The molecule has 8 nitrogen and oxygen atoms in total. The van der Waals surface area contributed by atoms with Gasteiger partial charge in [-0.25, -0.2) is 0 Å². The zero-order valence-electron chi connectivity index (χ0n) is 22.4. The monoisotopic (exact) mass is 546 g/mol. The Hall–Kier alpha value is -5.29. The van der Waals surface area contributed by atoms with Crippen LogP contribution in [0.1, 0.15) is 33.9 Å². The van der Waals surface area contributed by atoms with E-state index in [1.54, 1.807) is 42.5 Å². The number of nitrogens with zero attached hydrogens (tertiary/aromatic N) is 2. The van der Waals surface area contributed by atoms with Gasteiger partial charge >= 0.3 is 0 Å². The summed E-state index contributed by atoms with van der Waals surface area (Å²) >= 11 is 0. The summed E-state index contributed by atoms with van der Waals surface area (Å²) in [6.45, 7) is 0.470. The second kappa shape index (κ2) is 12.3. The highest BCUT2D eigenvalue weighted by Crippen LogP contribution is 2.34. The Labute approximate surface area is 238 Å². The van der Waals surface area contributed by atoms with Crippen LogP contribution in [0.3, 0.4) is 0 Å². The van der Waals surface area contributed by atoms with Crippen LogP contribution in [-0.4, -0.2) is 29.9 Å². The maximum Gasteiger partial charge on any atom is 0.250 e. The van der Waals surface area contributed by atoms with E-state index >= 15 is 0 Å². The standard InChI is InChI=1S/C33H29N3O5/c1-40-30-18-25(13-16-29(30)41-21-23-7-3-2-4-8-23)31(35-27-14-11-22(19-34)12-15-27)32(37)36-20-26-10-6-5-9-24(26)17-28(36)33(38)39/h2-16,18,28,31,35H,17,20-21H2,1H3,(H,38,39)/p-1. The fourth-order valence-electron chi connectivity index (χ4n) is 4.94. The first kappa shape index (κ1) is 27.3. The molecule has 1 amide bonds. The van der Waals surface area contributed by atoms with Crippen molar-refractivity contribution in [1.29, 1.82) is 5.26 Å². The highest BCUT2D eigenvalue weighted by Gasteiger charge is 2.35. The molecule has 0 radical (unpaired) electrons. The number of ether oxygens (including phenoxy) is 2. The molecule has 0 spiro atoms. The molecule has 1 aliphatic heterocycles. The second-order valence-corrected chi connectivity index (χ2v) is 9.72. The van der Waals surface area contributed by atoms with E-state index in [0.29, 0.717) is 34.9 Å². The van der Waals surface area contributed by atoms with Gasteiger partial charge in [0.1, 0.15) is 12.6 Å². The van der Waals surface area contributed by atoms with Crippen molar-refractivity contribution in [1.82, 2.24) is 4.90 Å². The lowest BCUT2D eigenvalue weighted by atomic mass is 9.92. The maximum atomic E-state index is 14.2. The fraction of sp³-hybridized carbons (Fsp3) is 0.182. The molecule has 0 bridgehead atoms. The van der Waals surface area contributed by atoms with E-state index < -0.39 is 24.0 Å². The van der Waals surface area contributed by atoms with Crippen LogP contribution in [0.15, 0.2) is 97.1 Å². The third kappa shape index (κ3) is 6.15. The zero-order valence-corrected chi connectivity index (χ0v) is 22.4. The number of hydrogen-bond acceptors (Lipinski definition) is 7. The number of anilines is 1. The van der Waals surface area contributed by atoms with Crippen molar-refractivity contribution in [2.75, 3.05) is 12.4 Å². The van der Waals surface area contributed by atoms with Crippen LogP contribution in [-0.2, 0) is 29.2 Å². The van der Waals surface area contributed by atoms with Crippen molar-refractivity contribution in [3.63, 3.8) is 0 Å². The molecule has 0 saturated carbocycles. The predicted octanol–water partition coefficient (Wildman–Crippen LogP) is 4.00. The minimum absolute atomic E-state index is 0.134. The van der Waals surface area contributed by atoms with Gasteiger partial charge in [-0.2, -0.15) is 5.26 Å². The highest BCUT2D eigenvalue weighted by atomic mass is 16.5. The number of nitriles is 1. The van der Waals surface area contributed by atoms with Crippen LogP contribution < -0.4 is 19.9 Å². The molecule has 0 aromatic heterocycles. The summed E-state index contributed by atoms with van der Waals surface area (Å²) in [7, 11) is 1.52. The molecular weight excluding hydrogens is 518 g/mol. The number of carbonyl (C=O) groups is 2. The molecule has 2 unspecified atom stereocenters. The number of benzene rings is 4. The number of amides is 1. The van der Waals surface area contributed by atoms with Gasteiger partial charge in [-0.15, -0.1) is 0 Å². The van der Waals surface area contributed by atoms with Crippen molar-refractivity contribution < 1.29 is 24.2 Å². The molecule has 1 heterocycles. The molecule has 0 aliphatic carbocycles. The van der Waals surface area contributed by atoms with Gasteiger partial charge < -0.3 is 29.6 Å². The smallest absolute Gasteiger partial charge is 0.250 e. The quantitative estimate of drug-likeness (QED) is 0.337. The van der Waals surface area contributed by atoms with Crippen molar-refractivity contribution >= 4 is 17.6 Å². The number of hydrogen-bond donors (Lipinski definition) is 1. The molecule has 4 aromatic carbocycles. The minimum Gasteiger partial charge on any atom is -0.548 e. The summed E-state index contributed by atoms with van der Waals surface area (Å²) in [5, 5.41) is 24.6. The van der Waals surface area contributed by atoms with E-state index in [-0.39, 0.29) is 13.0 Å². The first-order chi connectivity index (χ1) is 20.0. The topological polar surface area (TPSA) is 115 Å². The number of aliphatic carboxylic acids is 1. The van der Waals surface area contributed by atoms with E-state index in [9.17, 15) is 20.0 Å². The lowest BCUT2D eigenvalue weighted by molar-refractivity contribution is -0.311. The van der Waals surface area contributed by atoms with Crippen LogP contribution in [0.4, 0.5) is 5.69 Å². The molecular formula is C33H28N3O5-. The van der Waals surface area contributed by atoms with Gasteiger partial charge in [0.2, 0.25) is 0 Å². The highest BCUT2D eigenvalue weighted by molar-refractivity contribution is 5.90. The van der Waals surface area contributed by atoms with Crippen molar-refractivity contribution in [2.45, 2.75) is 31.7 Å². The average molecular weight is 547 g/mol. The summed E-state index contributed by atoms with van der Waals surface area (Å²) in [5.41, 5.74) is 4.38. The molecule has 5 rings (SSSR count). The lowest BCUT2D eigenvalue weighted by Crippen LogP contribution is -2.55. The molecule has 4 aromatic rings. The average Bonchev–Trinajstić information content (AvgIpc) is 3.02.